The molecule has 2 amide bonds. The van der Waals surface area contributed by atoms with Crippen LogP contribution in [0.2, 0.25) is 0 Å². The van der Waals surface area contributed by atoms with Crippen LogP contribution in [0.15, 0.2) is 54.6 Å². The van der Waals surface area contributed by atoms with Crippen molar-refractivity contribution in [3.63, 3.8) is 0 Å². The molecule has 0 aliphatic carbocycles. The third-order valence-electron chi connectivity index (χ3n) is 5.65. The van der Waals surface area contributed by atoms with Crippen LogP contribution < -0.4 is 5.32 Å². The molecule has 2 fully saturated rings. The lowest BCUT2D eigenvalue weighted by Crippen LogP contribution is -2.37. The van der Waals surface area contributed by atoms with Gasteiger partial charge in [-0.25, -0.2) is 9.18 Å². The number of rotatable bonds is 3. The first-order chi connectivity index (χ1) is 12.5. The number of nitrogens with zero attached hydrogens (tertiary/aromatic N) is 2. The first-order valence-corrected chi connectivity index (χ1v) is 9.10. The number of amides is 2. The fourth-order valence-electron chi connectivity index (χ4n) is 4.35. The predicted molar refractivity (Wildman–Crippen MR) is 100 cm³/mol. The Morgan fingerprint density at radius 3 is 2.69 bits per heavy atom. The van der Waals surface area contributed by atoms with Gasteiger partial charge in [0, 0.05) is 43.8 Å². The summed E-state index contributed by atoms with van der Waals surface area (Å²) in [5.74, 6) is 0.133. The summed E-state index contributed by atoms with van der Waals surface area (Å²) in [5.41, 5.74) is 1.95. The third-order valence-corrected chi connectivity index (χ3v) is 5.65. The van der Waals surface area contributed by atoms with Gasteiger partial charge in [0.2, 0.25) is 0 Å². The molecule has 2 aliphatic heterocycles. The molecule has 0 bridgehead atoms. The summed E-state index contributed by atoms with van der Waals surface area (Å²) in [6.45, 7) is 6.74. The van der Waals surface area contributed by atoms with E-state index in [2.05, 4.69) is 41.4 Å². The number of likely N-dealkylation sites (tertiary alicyclic amines) is 2. The fourth-order valence-corrected chi connectivity index (χ4v) is 4.35. The average molecular weight is 353 g/mol. The van der Waals surface area contributed by atoms with Crippen LogP contribution in [-0.4, -0.2) is 42.0 Å². The van der Waals surface area contributed by atoms with Crippen LogP contribution in [0.5, 0.6) is 0 Å². The lowest BCUT2D eigenvalue weighted by atomic mass is 9.83. The van der Waals surface area contributed by atoms with Gasteiger partial charge in [-0.3, -0.25) is 4.90 Å². The summed E-state index contributed by atoms with van der Waals surface area (Å²) in [7, 11) is 0. The molecule has 4 rings (SSSR count). The molecule has 2 atom stereocenters. The van der Waals surface area contributed by atoms with E-state index >= 15 is 0 Å². The van der Waals surface area contributed by atoms with Gasteiger partial charge in [-0.15, -0.1) is 0 Å². The lowest BCUT2D eigenvalue weighted by molar-refractivity contribution is 0.202. The number of carbonyl (C=O) groups excluding carboxylic acids is 1. The summed E-state index contributed by atoms with van der Waals surface area (Å²) >= 11 is 0. The highest BCUT2D eigenvalue weighted by atomic mass is 19.1. The van der Waals surface area contributed by atoms with E-state index in [0.717, 1.165) is 32.7 Å². The molecular formula is C21H24FN3O. The van der Waals surface area contributed by atoms with E-state index in [0.29, 0.717) is 11.6 Å². The van der Waals surface area contributed by atoms with Crippen LogP contribution in [0.1, 0.15) is 12.5 Å². The second-order valence-corrected chi connectivity index (χ2v) is 7.83. The predicted octanol–water partition coefficient (Wildman–Crippen LogP) is 3.81. The van der Waals surface area contributed by atoms with Crippen LogP contribution in [0.3, 0.4) is 0 Å². The number of nitrogens with one attached hydrogen (secondary N) is 1. The average Bonchev–Trinajstić information content (AvgIpc) is 3.07. The smallest absolute Gasteiger partial charge is 0.321 e. The molecule has 2 aliphatic rings. The first-order valence-electron chi connectivity index (χ1n) is 9.10. The Morgan fingerprint density at radius 2 is 1.96 bits per heavy atom. The maximum absolute atomic E-state index is 13.3. The molecule has 1 N–H and O–H groups in total. The summed E-state index contributed by atoms with van der Waals surface area (Å²) in [4.78, 5) is 16.9. The van der Waals surface area contributed by atoms with Crippen molar-refractivity contribution in [3.05, 3.63) is 66.0 Å². The zero-order valence-electron chi connectivity index (χ0n) is 15.0. The van der Waals surface area contributed by atoms with Gasteiger partial charge in [-0.2, -0.15) is 0 Å². The summed E-state index contributed by atoms with van der Waals surface area (Å²) in [6, 6.07) is 16.4. The van der Waals surface area contributed by atoms with Gasteiger partial charge >= 0.3 is 6.03 Å². The summed E-state index contributed by atoms with van der Waals surface area (Å²) in [6.07, 6.45) is 0. The third kappa shape index (κ3) is 3.44. The van der Waals surface area contributed by atoms with E-state index in [1.165, 1.54) is 17.7 Å². The van der Waals surface area contributed by atoms with E-state index in [9.17, 15) is 9.18 Å². The minimum atomic E-state index is -0.343. The Kier molecular flexibility index (Phi) is 4.41. The molecule has 136 valence electrons. The van der Waals surface area contributed by atoms with Crippen molar-refractivity contribution in [3.8, 4) is 0 Å². The van der Waals surface area contributed by atoms with E-state index in [-0.39, 0.29) is 17.3 Å². The SMILES string of the molecule is C[C@@]12CN(Cc3ccccc3)C[C@@H]1CN(C(=O)Nc1cccc(F)c1)C2. The molecule has 2 heterocycles. The minimum absolute atomic E-state index is 0.119. The molecule has 2 aromatic carbocycles. The van der Waals surface area contributed by atoms with E-state index in [1.54, 1.807) is 12.1 Å². The van der Waals surface area contributed by atoms with Crippen LogP contribution in [-0.2, 0) is 6.54 Å². The van der Waals surface area contributed by atoms with Gasteiger partial charge in [0.25, 0.3) is 0 Å². The quantitative estimate of drug-likeness (QED) is 0.911. The minimum Gasteiger partial charge on any atom is -0.324 e. The topological polar surface area (TPSA) is 35.6 Å². The molecule has 5 heteroatoms. The number of anilines is 1. The number of benzene rings is 2. The molecule has 0 aromatic heterocycles. The van der Waals surface area contributed by atoms with Crippen molar-refractivity contribution in [2.45, 2.75) is 13.5 Å². The number of hydrogen-bond donors (Lipinski definition) is 1. The molecule has 0 saturated carbocycles. The Labute approximate surface area is 153 Å². The fraction of sp³-hybridized carbons (Fsp3) is 0.381. The Bertz CT molecular complexity index is 797. The van der Waals surface area contributed by atoms with Gasteiger partial charge in [-0.1, -0.05) is 43.3 Å². The molecule has 0 unspecified atom stereocenters. The Morgan fingerprint density at radius 1 is 1.15 bits per heavy atom. The first kappa shape index (κ1) is 17.0. The largest absolute Gasteiger partial charge is 0.324 e. The highest BCUT2D eigenvalue weighted by Gasteiger charge is 2.50. The van der Waals surface area contributed by atoms with Gasteiger partial charge in [-0.05, 0) is 29.7 Å². The molecular weight excluding hydrogens is 329 g/mol. The number of hydrogen-bond acceptors (Lipinski definition) is 2. The number of carbonyl (C=O) groups is 1. The highest BCUT2D eigenvalue weighted by Crippen LogP contribution is 2.42. The van der Waals surface area contributed by atoms with Gasteiger partial charge < -0.3 is 10.2 Å². The van der Waals surface area contributed by atoms with Crippen LogP contribution in [0.4, 0.5) is 14.9 Å². The number of halogens is 1. The van der Waals surface area contributed by atoms with Gasteiger partial charge in [0.15, 0.2) is 0 Å². The van der Waals surface area contributed by atoms with Crippen molar-refractivity contribution < 1.29 is 9.18 Å². The Hall–Kier alpha value is -2.40. The van der Waals surface area contributed by atoms with Crippen LogP contribution >= 0.6 is 0 Å². The van der Waals surface area contributed by atoms with Crippen molar-refractivity contribution in [2.24, 2.45) is 11.3 Å². The second kappa shape index (κ2) is 6.72. The van der Waals surface area contributed by atoms with Crippen molar-refractivity contribution in [1.82, 2.24) is 9.80 Å². The maximum Gasteiger partial charge on any atom is 0.321 e. The molecule has 26 heavy (non-hydrogen) atoms. The standard InChI is InChI=1S/C21H24FN3O/c1-21-14-24(11-16-6-3-2-4-7-16)12-17(21)13-25(15-21)20(26)23-19-9-5-8-18(22)10-19/h2-10,17H,11-15H2,1H3,(H,23,26)/t17-,21+/m1/s1. The second-order valence-electron chi connectivity index (χ2n) is 7.83. The zero-order valence-corrected chi connectivity index (χ0v) is 15.0. The number of fused-ring (bicyclic) bond motifs is 1. The number of urea groups is 1. The Balaban J connectivity index is 1.36. The summed E-state index contributed by atoms with van der Waals surface area (Å²) in [5, 5.41) is 2.82. The zero-order chi connectivity index (χ0) is 18.1. The van der Waals surface area contributed by atoms with E-state index < -0.39 is 0 Å². The normalized spacial score (nSPS) is 25.3. The molecule has 0 spiro atoms. The van der Waals surface area contributed by atoms with Crippen molar-refractivity contribution >= 4 is 11.7 Å². The monoisotopic (exact) mass is 353 g/mol. The van der Waals surface area contributed by atoms with Gasteiger partial charge in [0.05, 0.1) is 0 Å². The van der Waals surface area contributed by atoms with Crippen LogP contribution in [0.25, 0.3) is 0 Å². The molecule has 2 saturated heterocycles. The van der Waals surface area contributed by atoms with Crippen molar-refractivity contribution in [1.29, 1.82) is 0 Å². The molecule has 4 nitrogen and oxygen atoms in total. The van der Waals surface area contributed by atoms with Crippen LogP contribution in [0, 0.1) is 17.2 Å². The highest BCUT2D eigenvalue weighted by molar-refractivity contribution is 5.89. The lowest BCUT2D eigenvalue weighted by Gasteiger charge is -2.25. The molecule has 0 radical (unpaired) electrons. The van der Waals surface area contributed by atoms with Gasteiger partial charge in [0.1, 0.15) is 5.82 Å². The maximum atomic E-state index is 13.3. The summed E-state index contributed by atoms with van der Waals surface area (Å²) < 4.78 is 13.3. The molecule has 2 aromatic rings. The van der Waals surface area contributed by atoms with E-state index in [4.69, 9.17) is 0 Å². The van der Waals surface area contributed by atoms with E-state index in [1.807, 2.05) is 11.0 Å². The van der Waals surface area contributed by atoms with Crippen molar-refractivity contribution in [2.75, 3.05) is 31.5 Å².